The second-order valence-corrected chi connectivity index (χ2v) is 4.19. The molecular formula is C14H22O4. The average molecular weight is 254 g/mol. The fourth-order valence-electron chi connectivity index (χ4n) is 2.06. The number of methoxy groups -OCH3 is 3. The molecule has 0 aliphatic heterocycles. The zero-order chi connectivity index (χ0) is 13.5. The smallest absolute Gasteiger partial charge is 0.126 e. The molecule has 4 heteroatoms. The van der Waals surface area contributed by atoms with Crippen molar-refractivity contribution in [1.82, 2.24) is 0 Å². The molecule has 0 aliphatic rings. The highest BCUT2D eigenvalue weighted by Gasteiger charge is 2.17. The van der Waals surface area contributed by atoms with Crippen LogP contribution in [0.4, 0.5) is 0 Å². The minimum atomic E-state index is -0.114. The van der Waals surface area contributed by atoms with Crippen molar-refractivity contribution in [1.29, 1.82) is 0 Å². The Kier molecular flexibility index (Phi) is 6.12. The standard InChI is InChI=1S/C14H22O4/c1-5-13(18-4)12-7-10(8-16-2)6-11(9-17-3)14(12)15/h6-7,13,15H,5,8-9H2,1-4H3. The molecule has 18 heavy (non-hydrogen) atoms. The van der Waals surface area contributed by atoms with Gasteiger partial charge in [-0.15, -0.1) is 0 Å². The number of phenolic OH excluding ortho intramolecular Hbond substituents is 1. The molecule has 0 saturated heterocycles. The van der Waals surface area contributed by atoms with Gasteiger partial charge in [0.15, 0.2) is 0 Å². The summed E-state index contributed by atoms with van der Waals surface area (Å²) in [4.78, 5) is 0. The van der Waals surface area contributed by atoms with Crippen molar-refractivity contribution in [3.63, 3.8) is 0 Å². The number of hydrogen-bond donors (Lipinski definition) is 1. The largest absolute Gasteiger partial charge is 0.507 e. The van der Waals surface area contributed by atoms with E-state index in [4.69, 9.17) is 14.2 Å². The van der Waals surface area contributed by atoms with E-state index in [1.807, 2.05) is 19.1 Å². The average Bonchev–Trinajstić information content (AvgIpc) is 2.36. The molecule has 1 N–H and O–H groups in total. The maximum absolute atomic E-state index is 10.2. The quantitative estimate of drug-likeness (QED) is 0.812. The summed E-state index contributed by atoms with van der Waals surface area (Å²) < 4.78 is 15.6. The molecule has 0 saturated carbocycles. The molecular weight excluding hydrogens is 232 g/mol. The van der Waals surface area contributed by atoms with Gasteiger partial charge in [0.25, 0.3) is 0 Å². The van der Waals surface area contributed by atoms with Gasteiger partial charge in [-0.1, -0.05) is 6.92 Å². The number of hydrogen-bond acceptors (Lipinski definition) is 4. The fraction of sp³-hybridized carbons (Fsp3) is 0.571. The molecule has 0 aromatic heterocycles. The summed E-state index contributed by atoms with van der Waals surface area (Å²) in [5.74, 6) is 0.255. The molecule has 0 bridgehead atoms. The van der Waals surface area contributed by atoms with Gasteiger partial charge in [-0.2, -0.15) is 0 Å². The third-order valence-electron chi connectivity index (χ3n) is 2.89. The Morgan fingerprint density at radius 3 is 2.28 bits per heavy atom. The third-order valence-corrected chi connectivity index (χ3v) is 2.89. The van der Waals surface area contributed by atoms with Crippen LogP contribution < -0.4 is 0 Å². The summed E-state index contributed by atoms with van der Waals surface area (Å²) >= 11 is 0. The van der Waals surface area contributed by atoms with E-state index in [0.717, 1.165) is 23.1 Å². The summed E-state index contributed by atoms with van der Waals surface area (Å²) in [6.07, 6.45) is 0.685. The molecule has 0 spiro atoms. The van der Waals surface area contributed by atoms with Crippen molar-refractivity contribution < 1.29 is 19.3 Å². The van der Waals surface area contributed by atoms with E-state index in [9.17, 15) is 5.11 Å². The highest BCUT2D eigenvalue weighted by atomic mass is 16.5. The molecule has 0 heterocycles. The van der Waals surface area contributed by atoms with Crippen LogP contribution in [0.15, 0.2) is 12.1 Å². The Hall–Kier alpha value is -1.10. The van der Waals surface area contributed by atoms with E-state index in [1.54, 1.807) is 21.3 Å². The van der Waals surface area contributed by atoms with Crippen LogP contribution in [0.5, 0.6) is 5.75 Å². The van der Waals surface area contributed by atoms with E-state index in [0.29, 0.717) is 13.2 Å². The number of aromatic hydroxyl groups is 1. The molecule has 1 aromatic rings. The van der Waals surface area contributed by atoms with Crippen molar-refractivity contribution in [2.24, 2.45) is 0 Å². The normalized spacial score (nSPS) is 12.7. The third kappa shape index (κ3) is 3.45. The number of phenols is 1. The summed E-state index contributed by atoms with van der Waals surface area (Å²) in [6, 6.07) is 3.82. The van der Waals surface area contributed by atoms with Crippen LogP contribution in [0, 0.1) is 0 Å². The first-order chi connectivity index (χ1) is 8.67. The minimum absolute atomic E-state index is 0.114. The van der Waals surface area contributed by atoms with Crippen molar-refractivity contribution in [2.75, 3.05) is 21.3 Å². The second kappa shape index (κ2) is 7.36. The van der Waals surface area contributed by atoms with Crippen LogP contribution in [0.2, 0.25) is 0 Å². The maximum Gasteiger partial charge on any atom is 0.126 e. The highest BCUT2D eigenvalue weighted by molar-refractivity contribution is 5.44. The van der Waals surface area contributed by atoms with Crippen LogP contribution in [0.1, 0.15) is 36.1 Å². The lowest BCUT2D eigenvalue weighted by atomic mass is 9.99. The number of rotatable bonds is 7. The molecule has 0 aliphatic carbocycles. The van der Waals surface area contributed by atoms with Crippen LogP contribution in [0.25, 0.3) is 0 Å². The van der Waals surface area contributed by atoms with Gasteiger partial charge in [0.1, 0.15) is 5.75 Å². The van der Waals surface area contributed by atoms with Gasteiger partial charge in [-0.05, 0) is 24.1 Å². The summed E-state index contributed by atoms with van der Waals surface area (Å²) in [6.45, 7) is 2.90. The predicted octanol–water partition coefficient (Wildman–Crippen LogP) is 2.78. The van der Waals surface area contributed by atoms with Crippen molar-refractivity contribution >= 4 is 0 Å². The Morgan fingerprint density at radius 2 is 1.78 bits per heavy atom. The molecule has 1 atom stereocenters. The van der Waals surface area contributed by atoms with Crippen LogP contribution in [0.3, 0.4) is 0 Å². The van der Waals surface area contributed by atoms with Gasteiger partial charge in [-0.3, -0.25) is 0 Å². The van der Waals surface area contributed by atoms with Crippen LogP contribution >= 0.6 is 0 Å². The van der Waals surface area contributed by atoms with Gasteiger partial charge in [-0.25, -0.2) is 0 Å². The van der Waals surface area contributed by atoms with E-state index in [2.05, 4.69) is 0 Å². The first kappa shape index (κ1) is 15.0. The lowest BCUT2D eigenvalue weighted by Gasteiger charge is -2.18. The molecule has 1 unspecified atom stereocenters. The van der Waals surface area contributed by atoms with Crippen molar-refractivity contribution in [2.45, 2.75) is 32.7 Å². The van der Waals surface area contributed by atoms with Gasteiger partial charge in [0, 0.05) is 32.5 Å². The summed E-state index contributed by atoms with van der Waals surface area (Å²) in [5.41, 5.74) is 2.56. The zero-order valence-electron chi connectivity index (χ0n) is 11.5. The molecule has 1 rings (SSSR count). The van der Waals surface area contributed by atoms with Crippen LogP contribution in [-0.4, -0.2) is 26.4 Å². The monoisotopic (exact) mass is 254 g/mol. The first-order valence-electron chi connectivity index (χ1n) is 6.03. The highest BCUT2D eigenvalue weighted by Crippen LogP contribution is 2.33. The van der Waals surface area contributed by atoms with Gasteiger partial charge in [0.05, 0.1) is 19.3 Å². The van der Waals surface area contributed by atoms with Crippen LogP contribution in [-0.2, 0) is 27.4 Å². The lowest BCUT2D eigenvalue weighted by molar-refractivity contribution is 0.0968. The maximum atomic E-state index is 10.2. The first-order valence-corrected chi connectivity index (χ1v) is 6.03. The topological polar surface area (TPSA) is 47.9 Å². The second-order valence-electron chi connectivity index (χ2n) is 4.19. The molecule has 1 aromatic carbocycles. The molecule has 0 fully saturated rings. The predicted molar refractivity (Wildman–Crippen MR) is 69.6 cm³/mol. The number of ether oxygens (including phenoxy) is 3. The van der Waals surface area contributed by atoms with Gasteiger partial charge < -0.3 is 19.3 Å². The molecule has 0 radical (unpaired) electrons. The van der Waals surface area contributed by atoms with Crippen molar-refractivity contribution in [3.8, 4) is 5.75 Å². The molecule has 0 amide bonds. The van der Waals surface area contributed by atoms with Gasteiger partial charge in [0.2, 0.25) is 0 Å². The number of benzene rings is 1. The fourth-order valence-corrected chi connectivity index (χ4v) is 2.06. The summed E-state index contributed by atoms with van der Waals surface area (Å²) in [5, 5.41) is 10.2. The zero-order valence-corrected chi connectivity index (χ0v) is 11.5. The van der Waals surface area contributed by atoms with E-state index < -0.39 is 0 Å². The van der Waals surface area contributed by atoms with E-state index in [-0.39, 0.29) is 11.9 Å². The Labute approximate surface area is 108 Å². The minimum Gasteiger partial charge on any atom is -0.507 e. The SMILES string of the molecule is CCC(OC)c1cc(COC)cc(COC)c1O. The van der Waals surface area contributed by atoms with Crippen molar-refractivity contribution in [3.05, 3.63) is 28.8 Å². The Morgan fingerprint density at radius 1 is 1.11 bits per heavy atom. The van der Waals surface area contributed by atoms with Gasteiger partial charge >= 0.3 is 0 Å². The lowest BCUT2D eigenvalue weighted by Crippen LogP contribution is -2.04. The van der Waals surface area contributed by atoms with E-state index >= 15 is 0 Å². The van der Waals surface area contributed by atoms with E-state index in [1.165, 1.54) is 0 Å². The Bertz CT molecular complexity index is 372. The molecule has 4 nitrogen and oxygen atoms in total. The Balaban J connectivity index is 3.20. The molecule has 102 valence electrons. The summed E-state index contributed by atoms with van der Waals surface area (Å²) in [7, 11) is 4.90.